The summed E-state index contributed by atoms with van der Waals surface area (Å²) in [7, 11) is 0. The monoisotopic (exact) mass is 240 g/mol. The Morgan fingerprint density at radius 3 is 2.83 bits per heavy atom. The third-order valence-corrected chi connectivity index (χ3v) is 3.12. The van der Waals surface area contributed by atoms with E-state index in [1.807, 2.05) is 10.9 Å². The van der Waals surface area contributed by atoms with Crippen molar-refractivity contribution in [2.75, 3.05) is 5.73 Å². The second-order valence-corrected chi connectivity index (χ2v) is 4.46. The summed E-state index contributed by atoms with van der Waals surface area (Å²) in [6.45, 7) is 1.89. The first-order valence-electron chi connectivity index (χ1n) is 6.15. The highest BCUT2D eigenvalue weighted by Crippen LogP contribution is 2.15. The minimum Gasteiger partial charge on any atom is -0.396 e. The van der Waals surface area contributed by atoms with Crippen LogP contribution in [0.15, 0.2) is 48.9 Å². The number of hydrogen-bond donors (Lipinski definition) is 1. The molecule has 0 saturated heterocycles. The van der Waals surface area contributed by atoms with Crippen LogP contribution in [0.1, 0.15) is 6.42 Å². The van der Waals surface area contributed by atoms with Crippen molar-refractivity contribution in [3.63, 3.8) is 0 Å². The van der Waals surface area contributed by atoms with Gasteiger partial charge in [-0.2, -0.15) is 5.10 Å². The number of nitrogens with two attached hydrogens (primary N) is 1. The highest BCUT2D eigenvalue weighted by molar-refractivity contribution is 5.79. The molecule has 0 bridgehead atoms. The van der Waals surface area contributed by atoms with Gasteiger partial charge in [0.25, 0.3) is 0 Å². The summed E-state index contributed by atoms with van der Waals surface area (Å²) in [6, 6.07) is 10.6. The van der Waals surface area contributed by atoms with Crippen LogP contribution in [0.4, 0.5) is 5.69 Å². The van der Waals surface area contributed by atoms with Gasteiger partial charge in [-0.05, 0) is 23.9 Å². The van der Waals surface area contributed by atoms with Gasteiger partial charge in [0.1, 0.15) is 0 Å². The zero-order valence-corrected chi connectivity index (χ0v) is 10.2. The van der Waals surface area contributed by atoms with E-state index < -0.39 is 0 Å². The van der Waals surface area contributed by atoms with Crippen LogP contribution in [0.2, 0.25) is 0 Å². The fourth-order valence-electron chi connectivity index (χ4n) is 2.24. The standard InChI is InChI=1S/C14H16N4/c15-13-10-16-18(11-13)8-3-7-17-9-6-12-4-1-2-5-14(12)17/h1-2,4-6,9-11H,3,7-8,15H2. The Balaban J connectivity index is 1.66. The maximum absolute atomic E-state index is 5.63. The molecular weight excluding hydrogens is 224 g/mol. The summed E-state index contributed by atoms with van der Waals surface area (Å²) in [5, 5.41) is 5.47. The van der Waals surface area contributed by atoms with E-state index in [2.05, 4.69) is 46.2 Å². The molecule has 0 aliphatic carbocycles. The zero-order valence-electron chi connectivity index (χ0n) is 10.2. The van der Waals surface area contributed by atoms with Crippen LogP contribution in [0.5, 0.6) is 0 Å². The number of aromatic nitrogens is 3. The lowest BCUT2D eigenvalue weighted by Gasteiger charge is -2.05. The van der Waals surface area contributed by atoms with Crippen LogP contribution in [-0.4, -0.2) is 14.3 Å². The largest absolute Gasteiger partial charge is 0.396 e. The third kappa shape index (κ3) is 2.09. The third-order valence-electron chi connectivity index (χ3n) is 3.12. The normalized spacial score (nSPS) is 11.1. The number of rotatable bonds is 4. The quantitative estimate of drug-likeness (QED) is 0.761. The molecule has 0 spiro atoms. The summed E-state index contributed by atoms with van der Waals surface area (Å²) >= 11 is 0. The van der Waals surface area contributed by atoms with Crippen molar-refractivity contribution in [3.8, 4) is 0 Å². The van der Waals surface area contributed by atoms with Gasteiger partial charge in [-0.15, -0.1) is 0 Å². The molecule has 0 aliphatic rings. The van der Waals surface area contributed by atoms with Crippen molar-refractivity contribution in [2.24, 2.45) is 0 Å². The maximum Gasteiger partial charge on any atom is 0.0719 e. The maximum atomic E-state index is 5.63. The first kappa shape index (κ1) is 10.9. The summed E-state index contributed by atoms with van der Waals surface area (Å²) in [4.78, 5) is 0. The fourth-order valence-corrected chi connectivity index (χ4v) is 2.24. The van der Waals surface area contributed by atoms with Crippen molar-refractivity contribution in [1.82, 2.24) is 14.3 Å². The van der Waals surface area contributed by atoms with E-state index >= 15 is 0 Å². The van der Waals surface area contributed by atoms with Crippen LogP contribution in [-0.2, 0) is 13.1 Å². The molecule has 0 atom stereocenters. The van der Waals surface area contributed by atoms with Crippen molar-refractivity contribution in [2.45, 2.75) is 19.5 Å². The molecule has 1 aromatic carbocycles. The lowest BCUT2D eigenvalue weighted by atomic mass is 10.2. The Bertz CT molecular complexity index is 650. The van der Waals surface area contributed by atoms with Gasteiger partial charge in [-0.1, -0.05) is 18.2 Å². The minimum absolute atomic E-state index is 0.724. The average Bonchev–Trinajstić information content (AvgIpc) is 2.97. The summed E-state index contributed by atoms with van der Waals surface area (Å²) in [5.41, 5.74) is 7.64. The summed E-state index contributed by atoms with van der Waals surface area (Å²) < 4.78 is 4.17. The number of hydrogen-bond acceptors (Lipinski definition) is 2. The van der Waals surface area contributed by atoms with E-state index in [9.17, 15) is 0 Å². The highest BCUT2D eigenvalue weighted by atomic mass is 15.3. The molecule has 0 radical (unpaired) electrons. The predicted molar refractivity (Wildman–Crippen MR) is 73.2 cm³/mol. The van der Waals surface area contributed by atoms with Gasteiger partial charge in [-0.3, -0.25) is 4.68 Å². The first-order valence-corrected chi connectivity index (χ1v) is 6.15. The van der Waals surface area contributed by atoms with E-state index in [0.29, 0.717) is 0 Å². The number of fused-ring (bicyclic) bond motifs is 1. The van der Waals surface area contributed by atoms with Crippen molar-refractivity contribution < 1.29 is 0 Å². The first-order chi connectivity index (χ1) is 8.83. The molecule has 92 valence electrons. The van der Waals surface area contributed by atoms with E-state index in [4.69, 9.17) is 5.73 Å². The van der Waals surface area contributed by atoms with Gasteiger partial charge in [0, 0.05) is 31.0 Å². The zero-order chi connectivity index (χ0) is 12.4. The van der Waals surface area contributed by atoms with Crippen molar-refractivity contribution in [1.29, 1.82) is 0 Å². The van der Waals surface area contributed by atoms with E-state index in [-0.39, 0.29) is 0 Å². The van der Waals surface area contributed by atoms with Gasteiger partial charge in [0.15, 0.2) is 0 Å². The van der Waals surface area contributed by atoms with Crippen LogP contribution in [0.25, 0.3) is 10.9 Å². The molecule has 3 aromatic rings. The minimum atomic E-state index is 0.724. The Morgan fingerprint density at radius 2 is 2.00 bits per heavy atom. The molecule has 18 heavy (non-hydrogen) atoms. The molecule has 2 heterocycles. The molecule has 4 heteroatoms. The number of nitrogens with zero attached hydrogens (tertiary/aromatic N) is 3. The molecule has 0 aliphatic heterocycles. The van der Waals surface area contributed by atoms with Crippen LogP contribution < -0.4 is 5.73 Å². The molecule has 0 unspecified atom stereocenters. The number of aryl methyl sites for hydroxylation is 2. The fraction of sp³-hybridized carbons (Fsp3) is 0.214. The Kier molecular flexibility index (Phi) is 2.76. The number of anilines is 1. The van der Waals surface area contributed by atoms with Crippen molar-refractivity contribution in [3.05, 3.63) is 48.9 Å². The molecule has 2 N–H and O–H groups in total. The Labute approximate surface area is 106 Å². The Morgan fingerprint density at radius 1 is 1.11 bits per heavy atom. The number of nitrogen functional groups attached to an aromatic ring is 1. The SMILES string of the molecule is Nc1cnn(CCCn2ccc3ccccc32)c1. The van der Waals surface area contributed by atoms with Gasteiger partial charge >= 0.3 is 0 Å². The summed E-state index contributed by atoms with van der Waals surface area (Å²) in [6.07, 6.45) is 6.74. The molecule has 4 nitrogen and oxygen atoms in total. The smallest absolute Gasteiger partial charge is 0.0719 e. The molecule has 2 aromatic heterocycles. The highest BCUT2D eigenvalue weighted by Gasteiger charge is 2.00. The van der Waals surface area contributed by atoms with Crippen LogP contribution in [0.3, 0.4) is 0 Å². The topological polar surface area (TPSA) is 48.8 Å². The molecule has 3 rings (SSSR count). The van der Waals surface area contributed by atoms with Crippen LogP contribution in [0, 0.1) is 0 Å². The lowest BCUT2D eigenvalue weighted by Crippen LogP contribution is -2.03. The van der Waals surface area contributed by atoms with Gasteiger partial charge < -0.3 is 10.3 Å². The number of para-hydroxylation sites is 1. The van der Waals surface area contributed by atoms with Crippen molar-refractivity contribution >= 4 is 16.6 Å². The molecule has 0 saturated carbocycles. The van der Waals surface area contributed by atoms with Gasteiger partial charge in [0.2, 0.25) is 0 Å². The molecular formula is C14H16N4. The van der Waals surface area contributed by atoms with Gasteiger partial charge in [0.05, 0.1) is 11.9 Å². The molecule has 0 fully saturated rings. The average molecular weight is 240 g/mol. The molecule has 0 amide bonds. The predicted octanol–water partition coefficient (Wildman–Crippen LogP) is 2.51. The van der Waals surface area contributed by atoms with E-state index in [1.54, 1.807) is 6.20 Å². The lowest BCUT2D eigenvalue weighted by molar-refractivity contribution is 0.534. The summed E-state index contributed by atoms with van der Waals surface area (Å²) in [5.74, 6) is 0. The number of benzene rings is 1. The van der Waals surface area contributed by atoms with Gasteiger partial charge in [-0.25, -0.2) is 0 Å². The van der Waals surface area contributed by atoms with E-state index in [0.717, 1.165) is 25.2 Å². The van der Waals surface area contributed by atoms with E-state index in [1.165, 1.54) is 10.9 Å². The second-order valence-electron chi connectivity index (χ2n) is 4.46. The van der Waals surface area contributed by atoms with Crippen LogP contribution >= 0.6 is 0 Å². The second kappa shape index (κ2) is 4.56. The Hall–Kier alpha value is -2.23.